The number of carbonyl (C=O) groups excluding carboxylic acids is 3. The molecule has 0 saturated heterocycles. The summed E-state index contributed by atoms with van der Waals surface area (Å²) in [4.78, 5) is 41.0. The van der Waals surface area contributed by atoms with Crippen molar-refractivity contribution in [2.75, 3.05) is 7.05 Å². The molecule has 7 heteroatoms. The van der Waals surface area contributed by atoms with Gasteiger partial charge in [-0.25, -0.2) is 4.79 Å². The predicted octanol–water partition coefficient (Wildman–Crippen LogP) is 5.66. The van der Waals surface area contributed by atoms with Crippen molar-refractivity contribution in [3.63, 3.8) is 0 Å². The van der Waals surface area contributed by atoms with E-state index in [-0.39, 0.29) is 18.2 Å². The second-order valence-electron chi connectivity index (χ2n) is 10.9. The maximum absolute atomic E-state index is 13.7. The summed E-state index contributed by atoms with van der Waals surface area (Å²) in [6.07, 6.45) is 0.125. The third kappa shape index (κ3) is 10.1. The van der Waals surface area contributed by atoms with E-state index in [9.17, 15) is 14.4 Å². The molecule has 0 saturated carbocycles. The molecule has 0 fully saturated rings. The summed E-state index contributed by atoms with van der Waals surface area (Å²) in [5, 5.41) is 0. The topological polar surface area (TPSA) is 72.9 Å². The molecule has 0 aliphatic carbocycles. The first-order valence-corrected chi connectivity index (χ1v) is 15.5. The number of ether oxygens (including phenoxy) is 1. The van der Waals surface area contributed by atoms with Gasteiger partial charge in [0.25, 0.3) is 5.97 Å². The Balaban J connectivity index is 2.32. The number of ketones is 1. The molecule has 2 aromatic carbocycles. The van der Waals surface area contributed by atoms with Crippen molar-refractivity contribution in [2.45, 2.75) is 71.3 Å². The Bertz CT molecular complexity index is 980. The summed E-state index contributed by atoms with van der Waals surface area (Å²) in [6.45, 7) is 11.2. The van der Waals surface area contributed by atoms with E-state index in [1.54, 1.807) is 27.8 Å². The minimum atomic E-state index is -2.15. The third-order valence-corrected chi connectivity index (χ3v) is 6.12. The van der Waals surface area contributed by atoms with Gasteiger partial charge < -0.3 is 14.1 Å². The molecule has 0 bridgehead atoms. The lowest BCUT2D eigenvalue weighted by Crippen LogP contribution is -2.47. The predicted molar refractivity (Wildman–Crippen MR) is 141 cm³/mol. The fourth-order valence-electron chi connectivity index (χ4n) is 3.67. The average molecular weight is 498 g/mol. The van der Waals surface area contributed by atoms with Crippen LogP contribution in [0.2, 0.25) is 19.6 Å². The maximum atomic E-state index is 13.7. The first-order valence-electron chi connectivity index (χ1n) is 12.0. The Morgan fingerprint density at radius 1 is 0.857 bits per heavy atom. The fourth-order valence-corrected chi connectivity index (χ4v) is 4.44. The van der Waals surface area contributed by atoms with E-state index in [0.29, 0.717) is 12.8 Å². The molecule has 2 atom stereocenters. The van der Waals surface area contributed by atoms with Crippen LogP contribution < -0.4 is 0 Å². The largest absolute Gasteiger partial charge is 0.520 e. The summed E-state index contributed by atoms with van der Waals surface area (Å²) in [5.41, 5.74) is 1.19. The van der Waals surface area contributed by atoms with E-state index < -0.39 is 32.0 Å². The molecule has 0 unspecified atom stereocenters. The smallest absolute Gasteiger partial charge is 0.410 e. The number of benzene rings is 2. The molecule has 2 aromatic rings. The van der Waals surface area contributed by atoms with Crippen molar-refractivity contribution in [2.24, 2.45) is 5.92 Å². The van der Waals surface area contributed by atoms with Gasteiger partial charge in [-0.1, -0.05) is 60.7 Å². The van der Waals surface area contributed by atoms with Crippen LogP contribution in [0.3, 0.4) is 0 Å². The minimum absolute atomic E-state index is 0.0250. The van der Waals surface area contributed by atoms with E-state index >= 15 is 0 Å². The number of nitrogens with zero attached hydrogens (tertiary/aromatic N) is 1. The van der Waals surface area contributed by atoms with Crippen LogP contribution in [0.5, 0.6) is 0 Å². The Kier molecular flexibility index (Phi) is 9.83. The lowest BCUT2D eigenvalue weighted by molar-refractivity contribution is -0.142. The molecular formula is C28H39NO5Si. The molecule has 1 amide bonds. The van der Waals surface area contributed by atoms with E-state index in [4.69, 9.17) is 9.16 Å². The standard InChI is InChI=1S/C28H39NO5Si/c1-28(2,3)33-27(32)29(4)24(19-22-16-12-9-13-17-22)25(30)20-23(26(31)34-35(5,6)7)18-21-14-10-8-11-15-21/h8-17,23-24H,18-20H2,1-7H3/t23-,24+/m1/s1. The van der Waals surface area contributed by atoms with Crippen molar-refractivity contribution < 1.29 is 23.5 Å². The van der Waals surface area contributed by atoms with Crippen LogP contribution in [0, 0.1) is 5.92 Å². The highest BCUT2D eigenvalue weighted by atomic mass is 28.4. The highest BCUT2D eigenvalue weighted by Crippen LogP contribution is 2.22. The van der Waals surface area contributed by atoms with Gasteiger partial charge in [-0.3, -0.25) is 9.59 Å². The maximum Gasteiger partial charge on any atom is 0.410 e. The van der Waals surface area contributed by atoms with E-state index in [2.05, 4.69) is 0 Å². The van der Waals surface area contributed by atoms with Gasteiger partial charge in [0, 0.05) is 19.9 Å². The molecule has 2 rings (SSSR count). The average Bonchev–Trinajstić information content (AvgIpc) is 2.75. The zero-order valence-electron chi connectivity index (χ0n) is 22.0. The summed E-state index contributed by atoms with van der Waals surface area (Å²) in [7, 11) is -0.576. The Morgan fingerprint density at radius 3 is 1.80 bits per heavy atom. The van der Waals surface area contributed by atoms with Gasteiger partial charge in [-0.2, -0.15) is 0 Å². The second-order valence-corrected chi connectivity index (χ2v) is 15.3. The van der Waals surface area contributed by atoms with Crippen LogP contribution in [-0.2, 0) is 31.6 Å². The van der Waals surface area contributed by atoms with Crippen LogP contribution in [0.1, 0.15) is 38.3 Å². The lowest BCUT2D eigenvalue weighted by Gasteiger charge is -2.31. The van der Waals surface area contributed by atoms with Gasteiger partial charge in [0.15, 0.2) is 5.78 Å². The number of likely N-dealkylation sites (N-methyl/N-ethyl adjacent to an activating group) is 1. The summed E-state index contributed by atoms with van der Waals surface area (Å²) in [5.74, 6) is -1.20. The van der Waals surface area contributed by atoms with Crippen molar-refractivity contribution in [3.8, 4) is 0 Å². The van der Waals surface area contributed by atoms with Gasteiger partial charge in [0.05, 0.1) is 12.0 Å². The quantitative estimate of drug-likeness (QED) is 0.396. The molecule has 0 aliphatic heterocycles. The Hall–Kier alpha value is -2.93. The van der Waals surface area contributed by atoms with Crippen molar-refractivity contribution in [1.29, 1.82) is 0 Å². The Labute approximate surface area is 210 Å². The number of Topliss-reactive ketones (excluding diaryl/α,β-unsaturated/α-hetero) is 1. The van der Waals surface area contributed by atoms with Crippen LogP contribution >= 0.6 is 0 Å². The molecule has 0 spiro atoms. The summed E-state index contributed by atoms with van der Waals surface area (Å²) in [6, 6.07) is 18.4. The molecule has 190 valence electrons. The third-order valence-electron chi connectivity index (χ3n) is 5.31. The monoisotopic (exact) mass is 497 g/mol. The molecule has 6 nitrogen and oxygen atoms in total. The second kappa shape index (κ2) is 12.2. The number of amides is 1. The number of carbonyl (C=O) groups is 3. The molecule has 0 aliphatic rings. The van der Waals surface area contributed by atoms with Crippen LogP contribution in [0.4, 0.5) is 4.79 Å². The highest BCUT2D eigenvalue weighted by Gasteiger charge is 2.35. The molecule has 0 aromatic heterocycles. The van der Waals surface area contributed by atoms with Crippen LogP contribution in [-0.4, -0.2) is 49.8 Å². The summed E-state index contributed by atoms with van der Waals surface area (Å²) < 4.78 is 11.3. The van der Waals surface area contributed by atoms with Gasteiger partial charge >= 0.3 is 6.09 Å². The van der Waals surface area contributed by atoms with E-state index in [0.717, 1.165) is 11.1 Å². The minimum Gasteiger partial charge on any atom is -0.520 e. The zero-order chi connectivity index (χ0) is 26.2. The summed E-state index contributed by atoms with van der Waals surface area (Å²) >= 11 is 0. The number of hydrogen-bond donors (Lipinski definition) is 0. The number of rotatable bonds is 10. The Morgan fingerprint density at radius 2 is 1.34 bits per heavy atom. The van der Waals surface area contributed by atoms with Crippen molar-refractivity contribution >= 4 is 26.2 Å². The molecule has 0 radical (unpaired) electrons. The van der Waals surface area contributed by atoms with Crippen LogP contribution in [0.15, 0.2) is 60.7 Å². The lowest BCUT2D eigenvalue weighted by atomic mass is 9.90. The first kappa shape index (κ1) is 28.3. The fraction of sp³-hybridized carbons (Fsp3) is 0.464. The van der Waals surface area contributed by atoms with Crippen LogP contribution in [0.25, 0.3) is 0 Å². The highest BCUT2D eigenvalue weighted by molar-refractivity contribution is 6.71. The van der Waals surface area contributed by atoms with Crippen molar-refractivity contribution in [3.05, 3.63) is 71.8 Å². The molecule has 0 N–H and O–H groups in total. The molecular weight excluding hydrogens is 458 g/mol. The molecule has 35 heavy (non-hydrogen) atoms. The van der Waals surface area contributed by atoms with Gasteiger partial charge in [0.2, 0.25) is 8.32 Å². The normalized spacial score (nSPS) is 13.5. The van der Waals surface area contributed by atoms with E-state index in [1.165, 1.54) is 4.90 Å². The van der Waals surface area contributed by atoms with Gasteiger partial charge in [-0.15, -0.1) is 0 Å². The zero-order valence-corrected chi connectivity index (χ0v) is 23.0. The SMILES string of the molecule is CN(C(=O)OC(C)(C)C)[C@@H](Cc1ccccc1)C(=O)C[C@@H](Cc1ccccc1)C(=O)O[Si](C)(C)C. The van der Waals surface area contributed by atoms with Crippen molar-refractivity contribution in [1.82, 2.24) is 4.90 Å². The number of hydrogen-bond acceptors (Lipinski definition) is 5. The van der Waals surface area contributed by atoms with Gasteiger partial charge in [-0.05, 0) is 58.0 Å². The first-order chi connectivity index (χ1) is 16.2. The van der Waals surface area contributed by atoms with Gasteiger partial charge in [0.1, 0.15) is 5.60 Å². The molecule has 0 heterocycles. The van der Waals surface area contributed by atoms with E-state index in [1.807, 2.05) is 80.3 Å².